The van der Waals surface area contributed by atoms with Crippen LogP contribution in [0.15, 0.2) is 54.6 Å². The molecular weight excluding hydrogens is 488 g/mol. The molecule has 0 bridgehead atoms. The number of halogens is 4. The maximum absolute atomic E-state index is 13.8. The molecule has 2 amide bonds. The Morgan fingerprint density at radius 2 is 1.69 bits per heavy atom. The molecule has 0 aromatic heterocycles. The lowest BCUT2D eigenvalue weighted by molar-refractivity contribution is -0.206. The Hall–Kier alpha value is -3.96. The highest BCUT2D eigenvalue weighted by Gasteiger charge is 2.46. The number of fused-ring (bicyclic) bond motifs is 1. The Bertz CT molecular complexity index is 1130. The molecule has 2 aromatic rings. The lowest BCUT2D eigenvalue weighted by Gasteiger charge is -2.37. The average Bonchev–Trinajstić information content (AvgIpc) is 2.84. The van der Waals surface area contributed by atoms with Gasteiger partial charge in [-0.2, -0.15) is 13.2 Å². The summed E-state index contributed by atoms with van der Waals surface area (Å²) in [7, 11) is 0. The van der Waals surface area contributed by atoms with E-state index in [1.807, 2.05) is 0 Å². The number of nitrogens with one attached hydrogen (secondary N) is 1. The molecule has 36 heavy (non-hydrogen) atoms. The van der Waals surface area contributed by atoms with E-state index in [0.29, 0.717) is 5.56 Å². The summed E-state index contributed by atoms with van der Waals surface area (Å²) in [4.78, 5) is 49.8. The molecule has 1 unspecified atom stereocenters. The van der Waals surface area contributed by atoms with E-state index in [1.165, 1.54) is 30.3 Å². The summed E-state index contributed by atoms with van der Waals surface area (Å²) >= 11 is 0. The van der Waals surface area contributed by atoms with Crippen LogP contribution in [0.2, 0.25) is 0 Å². The first-order valence-corrected chi connectivity index (χ1v) is 10.8. The summed E-state index contributed by atoms with van der Waals surface area (Å²) < 4.78 is 59.2. The molecule has 8 nitrogen and oxygen atoms in total. The highest BCUT2D eigenvalue weighted by Crippen LogP contribution is 2.38. The second-order valence-electron chi connectivity index (χ2n) is 8.03. The number of carbonyl (C=O) groups excluding carboxylic acids is 3. The van der Waals surface area contributed by atoms with Gasteiger partial charge in [-0.25, -0.2) is 9.18 Å². The van der Waals surface area contributed by atoms with E-state index < -0.39 is 61.2 Å². The number of rotatable bonds is 8. The number of carboxylic acid groups (broad SMARTS) is 1. The lowest BCUT2D eigenvalue weighted by atomic mass is 9.95. The molecule has 2 aromatic carbocycles. The van der Waals surface area contributed by atoms with E-state index in [4.69, 9.17) is 9.84 Å². The summed E-state index contributed by atoms with van der Waals surface area (Å²) in [5.41, 5.74) is 0.345. The molecule has 1 aliphatic rings. The van der Waals surface area contributed by atoms with Gasteiger partial charge in [-0.1, -0.05) is 48.5 Å². The fraction of sp³-hybridized carbons (Fsp3) is 0.333. The fourth-order valence-electron chi connectivity index (χ4n) is 3.91. The van der Waals surface area contributed by atoms with Crippen molar-refractivity contribution in [2.45, 2.75) is 43.6 Å². The van der Waals surface area contributed by atoms with Crippen LogP contribution in [0.3, 0.4) is 0 Å². The van der Waals surface area contributed by atoms with Crippen LogP contribution in [-0.4, -0.2) is 53.8 Å². The van der Waals surface area contributed by atoms with Gasteiger partial charge in [-0.15, -0.1) is 0 Å². The van der Waals surface area contributed by atoms with E-state index in [2.05, 4.69) is 5.32 Å². The zero-order chi connectivity index (χ0) is 26.5. The highest BCUT2D eigenvalue weighted by molar-refractivity contribution is 6.01. The number of para-hydroxylation sites is 1. The Morgan fingerprint density at radius 3 is 2.31 bits per heavy atom. The van der Waals surface area contributed by atoms with Gasteiger partial charge in [0.25, 0.3) is 0 Å². The Labute approximate surface area is 202 Å². The standard InChI is InChI=1S/C24H22F4N2O6/c25-13-19(31)16(12-20(32)33)29-22(34)18-11-10-14-6-4-5-9-17(14)30(18)23(35)36-21(24(26,27)28)15-7-2-1-3-8-15/h1-9,16,18,21H,10-13H2,(H,29,34)(H,32,33)/t16?,18-,21+/m0/s1. The van der Waals surface area contributed by atoms with E-state index in [1.54, 1.807) is 12.1 Å². The van der Waals surface area contributed by atoms with Crippen LogP contribution < -0.4 is 10.2 Å². The largest absolute Gasteiger partial charge is 0.481 e. The Morgan fingerprint density at radius 1 is 1.06 bits per heavy atom. The molecule has 0 saturated carbocycles. The van der Waals surface area contributed by atoms with Crippen LogP contribution in [0.4, 0.5) is 28.0 Å². The van der Waals surface area contributed by atoms with Crippen molar-refractivity contribution in [1.82, 2.24) is 5.32 Å². The van der Waals surface area contributed by atoms with Crippen LogP contribution in [0.25, 0.3) is 0 Å². The SMILES string of the molecule is O=C(O)CC(NC(=O)[C@@H]1CCc2ccccc2N1C(=O)O[C@H](c1ccccc1)C(F)(F)F)C(=O)CF. The summed E-state index contributed by atoms with van der Waals surface area (Å²) in [6.45, 7) is -1.54. The van der Waals surface area contributed by atoms with Crippen molar-refractivity contribution in [1.29, 1.82) is 0 Å². The predicted octanol–water partition coefficient (Wildman–Crippen LogP) is 3.75. The number of aliphatic carboxylic acids is 1. The zero-order valence-corrected chi connectivity index (χ0v) is 18.7. The van der Waals surface area contributed by atoms with E-state index in [9.17, 15) is 36.7 Å². The van der Waals surface area contributed by atoms with Crippen LogP contribution >= 0.6 is 0 Å². The van der Waals surface area contributed by atoms with E-state index in [-0.39, 0.29) is 24.1 Å². The minimum absolute atomic E-state index is 0.0659. The van der Waals surface area contributed by atoms with Gasteiger partial charge in [0.1, 0.15) is 18.8 Å². The molecular formula is C24H22F4N2O6. The topological polar surface area (TPSA) is 113 Å². The quantitative estimate of drug-likeness (QED) is 0.523. The normalized spacial score (nSPS) is 16.9. The second-order valence-corrected chi connectivity index (χ2v) is 8.03. The van der Waals surface area contributed by atoms with Gasteiger partial charge in [0.05, 0.1) is 12.1 Å². The van der Waals surface area contributed by atoms with Gasteiger partial charge in [-0.3, -0.25) is 19.3 Å². The number of Topliss-reactive ketones (excluding diaryl/α,β-unsaturated/α-hetero) is 1. The third kappa shape index (κ3) is 6.18. The second kappa shape index (κ2) is 11.2. The number of alkyl halides is 4. The molecule has 0 radical (unpaired) electrons. The molecule has 2 N–H and O–H groups in total. The monoisotopic (exact) mass is 510 g/mol. The minimum atomic E-state index is -4.97. The molecule has 0 spiro atoms. The first-order chi connectivity index (χ1) is 17.0. The number of carboxylic acids is 1. The molecule has 192 valence electrons. The third-order valence-corrected chi connectivity index (χ3v) is 5.58. The number of aryl methyl sites for hydroxylation is 1. The first kappa shape index (κ1) is 26.6. The average molecular weight is 510 g/mol. The maximum atomic E-state index is 13.8. The first-order valence-electron chi connectivity index (χ1n) is 10.8. The van der Waals surface area contributed by atoms with Crippen molar-refractivity contribution in [2.75, 3.05) is 11.6 Å². The van der Waals surface area contributed by atoms with Gasteiger partial charge >= 0.3 is 18.2 Å². The molecule has 1 heterocycles. The number of benzene rings is 2. The summed E-state index contributed by atoms with van der Waals surface area (Å²) in [5.74, 6) is -3.71. The number of nitrogens with zero attached hydrogens (tertiary/aromatic N) is 1. The number of carbonyl (C=O) groups is 4. The van der Waals surface area contributed by atoms with Gasteiger partial charge < -0.3 is 15.2 Å². The van der Waals surface area contributed by atoms with Gasteiger partial charge in [0.15, 0.2) is 5.78 Å². The molecule has 3 atom stereocenters. The summed E-state index contributed by atoms with van der Waals surface area (Å²) in [6.07, 6.45) is -9.79. The summed E-state index contributed by atoms with van der Waals surface area (Å²) in [6, 6.07) is 9.50. The fourth-order valence-corrected chi connectivity index (χ4v) is 3.91. The van der Waals surface area contributed by atoms with Crippen molar-refractivity contribution in [2.24, 2.45) is 0 Å². The van der Waals surface area contributed by atoms with Crippen molar-refractivity contribution >= 4 is 29.4 Å². The number of anilines is 1. The predicted molar refractivity (Wildman–Crippen MR) is 118 cm³/mol. The lowest BCUT2D eigenvalue weighted by Crippen LogP contribution is -2.56. The Balaban J connectivity index is 1.94. The highest BCUT2D eigenvalue weighted by atomic mass is 19.4. The molecule has 3 rings (SSSR count). The van der Waals surface area contributed by atoms with Crippen molar-refractivity contribution in [3.05, 3.63) is 65.7 Å². The number of hydrogen-bond acceptors (Lipinski definition) is 5. The van der Waals surface area contributed by atoms with Crippen LogP contribution in [0, 0.1) is 0 Å². The van der Waals surface area contributed by atoms with Gasteiger partial charge in [-0.05, 0) is 24.5 Å². The van der Waals surface area contributed by atoms with Gasteiger partial charge in [0.2, 0.25) is 12.0 Å². The van der Waals surface area contributed by atoms with Crippen molar-refractivity contribution in [3.8, 4) is 0 Å². The Kier molecular flexibility index (Phi) is 8.28. The van der Waals surface area contributed by atoms with Crippen LogP contribution in [0.5, 0.6) is 0 Å². The van der Waals surface area contributed by atoms with Gasteiger partial charge in [0, 0.05) is 5.56 Å². The smallest absolute Gasteiger partial charge is 0.429 e. The molecule has 1 aliphatic heterocycles. The van der Waals surface area contributed by atoms with Crippen LogP contribution in [0.1, 0.15) is 30.1 Å². The van der Waals surface area contributed by atoms with Crippen LogP contribution in [-0.2, 0) is 25.5 Å². The van der Waals surface area contributed by atoms with Crippen molar-refractivity contribution in [3.63, 3.8) is 0 Å². The number of ketones is 1. The maximum Gasteiger partial charge on any atom is 0.429 e. The molecule has 0 aliphatic carbocycles. The van der Waals surface area contributed by atoms with Crippen molar-refractivity contribution < 1.29 is 46.6 Å². The number of hydrogen-bond donors (Lipinski definition) is 2. The van der Waals surface area contributed by atoms with E-state index >= 15 is 0 Å². The number of ether oxygens (including phenoxy) is 1. The molecule has 0 fully saturated rings. The van der Waals surface area contributed by atoms with E-state index in [0.717, 1.165) is 17.0 Å². The minimum Gasteiger partial charge on any atom is -0.481 e. The number of amides is 2. The molecule has 12 heteroatoms. The third-order valence-electron chi connectivity index (χ3n) is 5.58. The summed E-state index contributed by atoms with van der Waals surface area (Å²) in [5, 5.41) is 11.1. The zero-order valence-electron chi connectivity index (χ0n) is 18.7. The molecule has 0 saturated heterocycles.